The first kappa shape index (κ1) is 20.0. The number of nitrogens with one attached hydrogen (secondary N) is 1. The van der Waals surface area contributed by atoms with E-state index in [1.807, 2.05) is 0 Å². The Balaban J connectivity index is 1.82. The highest BCUT2D eigenvalue weighted by atomic mass is 35.5. The molecule has 7 nitrogen and oxygen atoms in total. The van der Waals surface area contributed by atoms with Crippen LogP contribution in [0.3, 0.4) is 0 Å². The monoisotopic (exact) mass is 397 g/mol. The van der Waals surface area contributed by atoms with Crippen LogP contribution >= 0.6 is 23.2 Å². The van der Waals surface area contributed by atoms with Crippen LogP contribution in [-0.4, -0.2) is 42.5 Å². The number of ether oxygens (including phenoxy) is 1. The number of halogens is 2. The summed E-state index contributed by atoms with van der Waals surface area (Å²) in [6.07, 6.45) is 0. The molecular formula is C17H17Cl2N3O4. The summed E-state index contributed by atoms with van der Waals surface area (Å²) in [7, 11) is 1.75. The lowest BCUT2D eigenvalue weighted by Crippen LogP contribution is -2.33. The molecule has 0 aliphatic rings. The predicted octanol–water partition coefficient (Wildman–Crippen LogP) is 3.85. The van der Waals surface area contributed by atoms with Gasteiger partial charge in [0.2, 0.25) is 5.91 Å². The van der Waals surface area contributed by atoms with E-state index in [1.54, 1.807) is 36.2 Å². The van der Waals surface area contributed by atoms with Crippen molar-refractivity contribution in [3.05, 3.63) is 62.6 Å². The number of nitrogens with zero attached hydrogens (tertiary/aromatic N) is 2. The maximum Gasteiger partial charge on any atom is 0.294 e. The molecule has 0 saturated heterocycles. The zero-order chi connectivity index (χ0) is 19.1. The van der Waals surface area contributed by atoms with E-state index in [-0.39, 0.29) is 28.8 Å². The molecule has 138 valence electrons. The van der Waals surface area contributed by atoms with Crippen molar-refractivity contribution >= 4 is 40.5 Å². The van der Waals surface area contributed by atoms with Gasteiger partial charge in [0, 0.05) is 22.7 Å². The third kappa shape index (κ3) is 6.18. The number of likely N-dealkylation sites (N-methyl/N-ethyl adjacent to an activating group) is 1. The third-order valence-corrected chi connectivity index (χ3v) is 3.89. The Morgan fingerprint density at radius 3 is 2.50 bits per heavy atom. The van der Waals surface area contributed by atoms with Crippen molar-refractivity contribution in [2.45, 2.75) is 0 Å². The Morgan fingerprint density at radius 1 is 1.19 bits per heavy atom. The first-order valence-corrected chi connectivity index (χ1v) is 8.41. The molecule has 1 amide bonds. The second-order valence-corrected chi connectivity index (χ2v) is 6.38. The van der Waals surface area contributed by atoms with Gasteiger partial charge < -0.3 is 10.1 Å². The molecule has 26 heavy (non-hydrogen) atoms. The molecule has 1 N–H and O–H groups in total. The second kappa shape index (κ2) is 9.38. The molecule has 0 atom stereocenters. The number of nitro groups is 1. The molecule has 0 aliphatic carbocycles. The van der Waals surface area contributed by atoms with Gasteiger partial charge in [-0.3, -0.25) is 19.8 Å². The molecule has 0 bridgehead atoms. The molecule has 0 fully saturated rings. The number of benzene rings is 2. The van der Waals surface area contributed by atoms with Crippen LogP contribution in [-0.2, 0) is 4.79 Å². The van der Waals surface area contributed by atoms with Crippen LogP contribution in [0.25, 0.3) is 0 Å². The van der Waals surface area contributed by atoms with Gasteiger partial charge in [-0.1, -0.05) is 23.2 Å². The SMILES string of the molecule is CN(CCOc1ccc(Cl)cc1)CC(=O)Nc1ccc(Cl)cc1[N+](=O)[O-]. The minimum atomic E-state index is -0.592. The van der Waals surface area contributed by atoms with E-state index in [0.717, 1.165) is 0 Å². The normalized spacial score (nSPS) is 10.6. The number of rotatable bonds is 8. The van der Waals surface area contributed by atoms with E-state index >= 15 is 0 Å². The standard InChI is InChI=1S/C17H17Cl2N3O4/c1-21(8-9-26-14-5-2-12(18)3-6-14)11-17(23)20-15-7-4-13(19)10-16(15)22(24)25/h2-7,10H,8-9,11H2,1H3,(H,20,23). The molecule has 2 aromatic carbocycles. The molecule has 0 saturated carbocycles. The Hall–Kier alpha value is -2.35. The first-order valence-electron chi connectivity index (χ1n) is 7.66. The van der Waals surface area contributed by atoms with Crippen LogP contribution < -0.4 is 10.1 Å². The maximum absolute atomic E-state index is 12.1. The van der Waals surface area contributed by atoms with Crippen molar-refractivity contribution in [1.29, 1.82) is 0 Å². The smallest absolute Gasteiger partial charge is 0.294 e. The lowest BCUT2D eigenvalue weighted by Gasteiger charge is -2.16. The first-order chi connectivity index (χ1) is 12.3. The third-order valence-electron chi connectivity index (χ3n) is 3.40. The van der Waals surface area contributed by atoms with E-state index in [1.165, 1.54) is 18.2 Å². The van der Waals surface area contributed by atoms with Gasteiger partial charge in [0.15, 0.2) is 0 Å². The summed E-state index contributed by atoms with van der Waals surface area (Å²) in [5, 5.41) is 14.4. The number of carbonyl (C=O) groups excluding carboxylic acids is 1. The number of nitro benzene ring substituents is 1. The topological polar surface area (TPSA) is 84.7 Å². The van der Waals surface area contributed by atoms with Gasteiger partial charge in [0.25, 0.3) is 5.69 Å². The summed E-state index contributed by atoms with van der Waals surface area (Å²) in [5.74, 6) is 0.313. The van der Waals surface area contributed by atoms with Gasteiger partial charge in [-0.25, -0.2) is 0 Å². The summed E-state index contributed by atoms with van der Waals surface area (Å²) in [4.78, 5) is 24.3. The van der Waals surface area contributed by atoms with Crippen LogP contribution in [0.4, 0.5) is 11.4 Å². The number of carbonyl (C=O) groups is 1. The predicted molar refractivity (Wildman–Crippen MR) is 101 cm³/mol. The Bertz CT molecular complexity index is 784. The number of hydrogen-bond donors (Lipinski definition) is 1. The fourth-order valence-corrected chi connectivity index (χ4v) is 2.42. The quantitative estimate of drug-likeness (QED) is 0.539. The number of hydrogen-bond acceptors (Lipinski definition) is 5. The van der Waals surface area contributed by atoms with Gasteiger partial charge >= 0.3 is 0 Å². The van der Waals surface area contributed by atoms with E-state index < -0.39 is 4.92 Å². The highest BCUT2D eigenvalue weighted by Crippen LogP contribution is 2.27. The highest BCUT2D eigenvalue weighted by molar-refractivity contribution is 6.31. The maximum atomic E-state index is 12.1. The summed E-state index contributed by atoms with van der Waals surface area (Å²) in [6.45, 7) is 0.940. The Labute approximate surface area is 160 Å². The average molecular weight is 398 g/mol. The van der Waals surface area contributed by atoms with Crippen LogP contribution in [0.5, 0.6) is 5.75 Å². The minimum Gasteiger partial charge on any atom is -0.492 e. The van der Waals surface area contributed by atoms with Crippen LogP contribution in [0.15, 0.2) is 42.5 Å². The van der Waals surface area contributed by atoms with Gasteiger partial charge in [-0.2, -0.15) is 0 Å². The molecule has 0 aromatic heterocycles. The number of amides is 1. The second-order valence-electron chi connectivity index (χ2n) is 5.51. The summed E-state index contributed by atoms with van der Waals surface area (Å²) in [6, 6.07) is 11.1. The largest absolute Gasteiger partial charge is 0.492 e. The lowest BCUT2D eigenvalue weighted by molar-refractivity contribution is -0.383. The van der Waals surface area contributed by atoms with E-state index in [4.69, 9.17) is 27.9 Å². The molecular weight excluding hydrogens is 381 g/mol. The molecule has 0 spiro atoms. The van der Waals surface area contributed by atoms with Gasteiger partial charge in [0.05, 0.1) is 11.5 Å². The van der Waals surface area contributed by atoms with Crippen LogP contribution in [0, 0.1) is 10.1 Å². The molecule has 2 aromatic rings. The van der Waals surface area contributed by atoms with Crippen molar-refractivity contribution in [3.63, 3.8) is 0 Å². The van der Waals surface area contributed by atoms with Crippen molar-refractivity contribution in [1.82, 2.24) is 4.90 Å². The van der Waals surface area contributed by atoms with Crippen molar-refractivity contribution in [2.75, 3.05) is 32.1 Å². The van der Waals surface area contributed by atoms with E-state index in [2.05, 4.69) is 5.32 Å². The number of anilines is 1. The van der Waals surface area contributed by atoms with Crippen molar-refractivity contribution < 1.29 is 14.5 Å². The van der Waals surface area contributed by atoms with Crippen LogP contribution in [0.1, 0.15) is 0 Å². The Morgan fingerprint density at radius 2 is 1.85 bits per heavy atom. The molecule has 2 rings (SSSR count). The van der Waals surface area contributed by atoms with Gasteiger partial charge in [-0.15, -0.1) is 0 Å². The van der Waals surface area contributed by atoms with Crippen LogP contribution in [0.2, 0.25) is 10.0 Å². The van der Waals surface area contributed by atoms with Gasteiger partial charge in [0.1, 0.15) is 18.0 Å². The Kier molecular flexibility index (Phi) is 7.20. The summed E-state index contributed by atoms with van der Waals surface area (Å²) >= 11 is 11.6. The summed E-state index contributed by atoms with van der Waals surface area (Å²) in [5.41, 5.74) is -0.144. The summed E-state index contributed by atoms with van der Waals surface area (Å²) < 4.78 is 5.56. The highest BCUT2D eigenvalue weighted by Gasteiger charge is 2.17. The molecule has 0 unspecified atom stereocenters. The van der Waals surface area contributed by atoms with E-state index in [9.17, 15) is 14.9 Å². The fraction of sp³-hybridized carbons (Fsp3) is 0.235. The zero-order valence-corrected chi connectivity index (χ0v) is 15.5. The zero-order valence-electron chi connectivity index (χ0n) is 13.9. The average Bonchev–Trinajstić information content (AvgIpc) is 2.58. The fourth-order valence-electron chi connectivity index (χ4n) is 2.13. The van der Waals surface area contributed by atoms with Gasteiger partial charge in [-0.05, 0) is 43.4 Å². The molecule has 0 heterocycles. The lowest BCUT2D eigenvalue weighted by atomic mass is 10.2. The van der Waals surface area contributed by atoms with Crippen molar-refractivity contribution in [2.24, 2.45) is 0 Å². The molecule has 0 aliphatic heterocycles. The molecule has 9 heteroatoms. The van der Waals surface area contributed by atoms with E-state index in [0.29, 0.717) is 23.9 Å². The minimum absolute atomic E-state index is 0.0593. The van der Waals surface area contributed by atoms with Crippen molar-refractivity contribution in [3.8, 4) is 5.75 Å². The molecule has 0 radical (unpaired) electrons.